The number of rotatable bonds is 1. The third kappa shape index (κ3) is 1.54. The van der Waals surface area contributed by atoms with E-state index in [0.29, 0.717) is 13.1 Å². The first kappa shape index (κ1) is 9.97. The molecule has 3 nitrogen and oxygen atoms in total. The molecule has 2 fully saturated rings. The van der Waals surface area contributed by atoms with E-state index in [1.165, 1.54) is 6.42 Å². The largest absolute Gasteiger partial charge is 0.389 e. The molecule has 1 aliphatic heterocycles. The first-order chi connectivity index (χ1) is 6.50. The van der Waals surface area contributed by atoms with E-state index in [0.717, 1.165) is 12.8 Å². The zero-order chi connectivity index (χ0) is 10.3. The van der Waals surface area contributed by atoms with Gasteiger partial charge in [0.1, 0.15) is 0 Å². The highest BCUT2D eigenvalue weighted by molar-refractivity contribution is 5.80. The van der Waals surface area contributed by atoms with E-state index in [-0.39, 0.29) is 23.3 Å². The third-order valence-corrected chi connectivity index (χ3v) is 3.73. The van der Waals surface area contributed by atoms with Gasteiger partial charge in [-0.15, -0.1) is 0 Å². The highest BCUT2D eigenvalue weighted by atomic mass is 16.3. The zero-order valence-electron chi connectivity index (χ0n) is 8.99. The lowest BCUT2D eigenvalue weighted by atomic mass is 9.80. The van der Waals surface area contributed by atoms with Gasteiger partial charge in [0.15, 0.2) is 0 Å². The molecule has 2 aliphatic rings. The van der Waals surface area contributed by atoms with Gasteiger partial charge in [-0.05, 0) is 18.3 Å². The molecule has 0 aromatic carbocycles. The minimum absolute atomic E-state index is 0.164. The number of nitrogens with zero attached hydrogens (tertiary/aromatic N) is 1. The summed E-state index contributed by atoms with van der Waals surface area (Å²) in [6.45, 7) is 5.45. The van der Waals surface area contributed by atoms with Crippen LogP contribution in [-0.4, -0.2) is 35.1 Å². The lowest BCUT2D eigenvalue weighted by molar-refractivity contribution is -0.148. The molecule has 0 spiro atoms. The van der Waals surface area contributed by atoms with Crippen LogP contribution in [0.15, 0.2) is 0 Å². The fourth-order valence-corrected chi connectivity index (χ4v) is 2.64. The molecule has 2 rings (SSSR count). The highest BCUT2D eigenvalue weighted by Gasteiger charge is 2.43. The molecule has 1 atom stereocenters. The summed E-state index contributed by atoms with van der Waals surface area (Å²) < 4.78 is 0. The summed E-state index contributed by atoms with van der Waals surface area (Å²) in [7, 11) is 0. The molecule has 3 heteroatoms. The molecule has 1 saturated heterocycles. The topological polar surface area (TPSA) is 40.5 Å². The molecule has 0 bridgehead atoms. The monoisotopic (exact) mass is 197 g/mol. The second-order valence-corrected chi connectivity index (χ2v) is 5.33. The summed E-state index contributed by atoms with van der Waals surface area (Å²) in [6, 6.07) is 0. The molecule has 0 radical (unpaired) electrons. The summed E-state index contributed by atoms with van der Waals surface area (Å²) in [5, 5.41) is 9.15. The second-order valence-electron chi connectivity index (χ2n) is 5.33. The molecule has 1 heterocycles. The molecule has 1 amide bonds. The van der Waals surface area contributed by atoms with Crippen molar-refractivity contribution in [1.29, 1.82) is 0 Å². The van der Waals surface area contributed by atoms with Gasteiger partial charge < -0.3 is 10.0 Å². The Labute approximate surface area is 85.1 Å². The molecule has 1 N–H and O–H groups in total. The van der Waals surface area contributed by atoms with E-state index in [1.54, 1.807) is 4.90 Å². The molecule has 1 saturated carbocycles. The van der Waals surface area contributed by atoms with Gasteiger partial charge in [0.25, 0.3) is 0 Å². The smallest absolute Gasteiger partial charge is 0.226 e. The Morgan fingerprint density at radius 3 is 2.50 bits per heavy atom. The molecule has 0 aromatic heterocycles. The Morgan fingerprint density at radius 2 is 2.07 bits per heavy atom. The Morgan fingerprint density at radius 1 is 1.43 bits per heavy atom. The maximum atomic E-state index is 12.0. The Kier molecular flexibility index (Phi) is 2.30. The van der Waals surface area contributed by atoms with Crippen LogP contribution in [0, 0.1) is 11.3 Å². The highest BCUT2D eigenvalue weighted by Crippen LogP contribution is 2.43. The SMILES string of the molecule is CC1(C)CCCC1C(=O)N1CC(O)C1. The van der Waals surface area contributed by atoms with Gasteiger partial charge in [-0.3, -0.25) is 4.79 Å². The summed E-state index contributed by atoms with van der Waals surface area (Å²) >= 11 is 0. The van der Waals surface area contributed by atoms with Crippen molar-refractivity contribution in [2.24, 2.45) is 11.3 Å². The van der Waals surface area contributed by atoms with Gasteiger partial charge >= 0.3 is 0 Å². The van der Waals surface area contributed by atoms with Crippen LogP contribution < -0.4 is 0 Å². The number of β-amino-alcohol motifs (C(OH)–C–C–N with tert-alkyl or cyclic N) is 1. The number of likely N-dealkylation sites (tertiary alicyclic amines) is 1. The van der Waals surface area contributed by atoms with Gasteiger partial charge in [0.2, 0.25) is 5.91 Å². The Hall–Kier alpha value is -0.570. The Balaban J connectivity index is 1.98. The fraction of sp³-hybridized carbons (Fsp3) is 0.909. The zero-order valence-corrected chi connectivity index (χ0v) is 8.99. The van der Waals surface area contributed by atoms with Crippen LogP contribution in [0.25, 0.3) is 0 Å². The lowest BCUT2D eigenvalue weighted by Gasteiger charge is -2.40. The number of aliphatic hydroxyl groups is 1. The third-order valence-electron chi connectivity index (χ3n) is 3.73. The van der Waals surface area contributed by atoms with Crippen molar-refractivity contribution in [2.45, 2.75) is 39.2 Å². The predicted octanol–water partition coefficient (Wildman–Crippen LogP) is 1.02. The van der Waals surface area contributed by atoms with Crippen LogP contribution >= 0.6 is 0 Å². The molecule has 80 valence electrons. The summed E-state index contributed by atoms with van der Waals surface area (Å²) in [6.07, 6.45) is 3.07. The lowest BCUT2D eigenvalue weighted by Crippen LogP contribution is -2.56. The molecule has 0 aromatic rings. The number of amides is 1. The van der Waals surface area contributed by atoms with Gasteiger partial charge in [0, 0.05) is 19.0 Å². The van der Waals surface area contributed by atoms with Crippen molar-refractivity contribution >= 4 is 5.91 Å². The van der Waals surface area contributed by atoms with Crippen LogP contribution in [0.5, 0.6) is 0 Å². The minimum atomic E-state index is -0.275. The molecule has 1 aliphatic carbocycles. The predicted molar refractivity (Wildman–Crippen MR) is 53.7 cm³/mol. The van der Waals surface area contributed by atoms with Crippen molar-refractivity contribution in [1.82, 2.24) is 4.90 Å². The first-order valence-electron chi connectivity index (χ1n) is 5.47. The average molecular weight is 197 g/mol. The van der Waals surface area contributed by atoms with Crippen LogP contribution in [0.1, 0.15) is 33.1 Å². The van der Waals surface area contributed by atoms with Gasteiger partial charge in [-0.25, -0.2) is 0 Å². The first-order valence-corrected chi connectivity index (χ1v) is 5.47. The van der Waals surface area contributed by atoms with E-state index in [1.807, 2.05) is 0 Å². The molecule has 1 unspecified atom stereocenters. The maximum Gasteiger partial charge on any atom is 0.226 e. The minimum Gasteiger partial charge on any atom is -0.389 e. The van der Waals surface area contributed by atoms with Crippen LogP contribution in [0.3, 0.4) is 0 Å². The Bertz CT molecular complexity index is 244. The van der Waals surface area contributed by atoms with E-state index in [2.05, 4.69) is 13.8 Å². The number of carbonyl (C=O) groups is 1. The van der Waals surface area contributed by atoms with Crippen molar-refractivity contribution in [3.05, 3.63) is 0 Å². The van der Waals surface area contributed by atoms with E-state index in [9.17, 15) is 4.79 Å². The summed E-state index contributed by atoms with van der Waals surface area (Å²) in [5.74, 6) is 0.452. The molecular weight excluding hydrogens is 178 g/mol. The van der Waals surface area contributed by atoms with Gasteiger partial charge in [-0.1, -0.05) is 20.3 Å². The summed E-state index contributed by atoms with van der Waals surface area (Å²) in [4.78, 5) is 13.8. The standard InChI is InChI=1S/C11H19NO2/c1-11(2)5-3-4-9(11)10(14)12-6-8(13)7-12/h8-9,13H,3-7H2,1-2H3. The second kappa shape index (κ2) is 3.23. The normalized spacial score (nSPS) is 31.6. The van der Waals surface area contributed by atoms with E-state index < -0.39 is 0 Å². The van der Waals surface area contributed by atoms with Gasteiger partial charge in [0.05, 0.1) is 6.10 Å². The van der Waals surface area contributed by atoms with Crippen LogP contribution in [0.4, 0.5) is 0 Å². The van der Waals surface area contributed by atoms with Crippen molar-refractivity contribution in [3.8, 4) is 0 Å². The number of hydrogen-bond acceptors (Lipinski definition) is 2. The quantitative estimate of drug-likeness (QED) is 0.681. The van der Waals surface area contributed by atoms with Crippen molar-refractivity contribution in [2.75, 3.05) is 13.1 Å². The van der Waals surface area contributed by atoms with Gasteiger partial charge in [-0.2, -0.15) is 0 Å². The fourth-order valence-electron chi connectivity index (χ4n) is 2.64. The maximum absolute atomic E-state index is 12.0. The average Bonchev–Trinajstić information content (AvgIpc) is 2.38. The number of carbonyl (C=O) groups excluding carboxylic acids is 1. The number of aliphatic hydroxyl groups excluding tert-OH is 1. The molecular formula is C11H19NO2. The van der Waals surface area contributed by atoms with Crippen molar-refractivity contribution in [3.63, 3.8) is 0 Å². The van der Waals surface area contributed by atoms with E-state index in [4.69, 9.17) is 5.11 Å². The summed E-state index contributed by atoms with van der Waals surface area (Å²) in [5.41, 5.74) is 0.164. The van der Waals surface area contributed by atoms with E-state index >= 15 is 0 Å². The van der Waals surface area contributed by atoms with Crippen LogP contribution in [-0.2, 0) is 4.79 Å². The van der Waals surface area contributed by atoms with Crippen LogP contribution in [0.2, 0.25) is 0 Å². The molecule has 14 heavy (non-hydrogen) atoms. The number of hydrogen-bond donors (Lipinski definition) is 1. The van der Waals surface area contributed by atoms with Crippen molar-refractivity contribution < 1.29 is 9.90 Å².